The maximum Gasteiger partial charge on any atom is 0.123 e. The van der Waals surface area contributed by atoms with Crippen molar-refractivity contribution >= 4 is 0 Å². The number of rotatable bonds is 7. The van der Waals surface area contributed by atoms with E-state index in [1.54, 1.807) is 11.8 Å². The van der Waals surface area contributed by atoms with Crippen LogP contribution in [0.15, 0.2) is 24.4 Å². The third-order valence-electron chi connectivity index (χ3n) is 3.46. The second-order valence-corrected chi connectivity index (χ2v) is 5.34. The molecule has 114 valence electrons. The molecule has 0 aliphatic heterocycles. The van der Waals surface area contributed by atoms with E-state index in [2.05, 4.69) is 41.6 Å². The number of aromatic nitrogens is 3. The Morgan fingerprint density at radius 2 is 2.19 bits per heavy atom. The highest BCUT2D eigenvalue weighted by Crippen LogP contribution is 2.28. The van der Waals surface area contributed by atoms with Gasteiger partial charge in [-0.05, 0) is 26.0 Å². The average Bonchev–Trinajstić information content (AvgIpc) is 2.88. The third kappa shape index (κ3) is 4.04. The van der Waals surface area contributed by atoms with Crippen molar-refractivity contribution in [3.8, 4) is 5.75 Å². The third-order valence-corrected chi connectivity index (χ3v) is 3.46. The zero-order chi connectivity index (χ0) is 15.2. The van der Waals surface area contributed by atoms with Crippen molar-refractivity contribution in [3.05, 3.63) is 41.2 Å². The van der Waals surface area contributed by atoms with E-state index in [9.17, 15) is 0 Å². The number of hydrogen-bond donors (Lipinski definition) is 1. The summed E-state index contributed by atoms with van der Waals surface area (Å²) in [5, 5.41) is 11.8. The predicted molar refractivity (Wildman–Crippen MR) is 83.5 cm³/mol. The minimum Gasteiger partial charge on any atom is -0.496 e. The molecule has 1 aromatic carbocycles. The van der Waals surface area contributed by atoms with E-state index in [4.69, 9.17) is 4.74 Å². The minimum atomic E-state index is 0.177. The van der Waals surface area contributed by atoms with Gasteiger partial charge in [0.1, 0.15) is 5.75 Å². The molecule has 5 heteroatoms. The van der Waals surface area contributed by atoms with Crippen LogP contribution in [0, 0.1) is 6.92 Å². The average molecular weight is 288 g/mol. The van der Waals surface area contributed by atoms with Gasteiger partial charge in [-0.3, -0.25) is 4.68 Å². The Balaban J connectivity index is 2.28. The van der Waals surface area contributed by atoms with Gasteiger partial charge in [-0.1, -0.05) is 29.8 Å². The molecule has 0 saturated heterocycles. The summed E-state index contributed by atoms with van der Waals surface area (Å²) in [5.74, 6) is 0.915. The van der Waals surface area contributed by atoms with Crippen LogP contribution in [0.25, 0.3) is 0 Å². The van der Waals surface area contributed by atoms with Gasteiger partial charge in [-0.15, -0.1) is 5.10 Å². The van der Waals surface area contributed by atoms with E-state index in [0.717, 1.165) is 30.8 Å². The number of benzene rings is 1. The molecule has 0 fully saturated rings. The lowest BCUT2D eigenvalue weighted by Gasteiger charge is -2.21. The Bertz CT molecular complexity index is 579. The normalized spacial score (nSPS) is 12.4. The van der Waals surface area contributed by atoms with Crippen LogP contribution < -0.4 is 10.1 Å². The van der Waals surface area contributed by atoms with Crippen molar-refractivity contribution in [1.29, 1.82) is 0 Å². The SMILES string of the molecule is CCCNC(Cc1cn(C)nn1)c1cc(C)ccc1OC. The van der Waals surface area contributed by atoms with Gasteiger partial charge in [0.2, 0.25) is 0 Å². The molecule has 0 saturated carbocycles. The first-order chi connectivity index (χ1) is 10.1. The first-order valence-electron chi connectivity index (χ1n) is 7.37. The zero-order valence-corrected chi connectivity index (χ0v) is 13.3. The van der Waals surface area contributed by atoms with Crippen LogP contribution >= 0.6 is 0 Å². The van der Waals surface area contributed by atoms with Crippen LogP contribution in [0.3, 0.4) is 0 Å². The van der Waals surface area contributed by atoms with Gasteiger partial charge < -0.3 is 10.1 Å². The molecule has 1 atom stereocenters. The van der Waals surface area contributed by atoms with Crippen LogP contribution in [0.5, 0.6) is 5.75 Å². The Labute approximate surface area is 126 Å². The van der Waals surface area contributed by atoms with E-state index >= 15 is 0 Å². The van der Waals surface area contributed by atoms with Gasteiger partial charge >= 0.3 is 0 Å². The van der Waals surface area contributed by atoms with Gasteiger partial charge in [-0.2, -0.15) is 0 Å². The maximum absolute atomic E-state index is 5.52. The lowest BCUT2D eigenvalue weighted by molar-refractivity contribution is 0.397. The highest BCUT2D eigenvalue weighted by atomic mass is 16.5. The van der Waals surface area contributed by atoms with Crippen LogP contribution in [0.4, 0.5) is 0 Å². The Hall–Kier alpha value is -1.88. The van der Waals surface area contributed by atoms with Crippen molar-refractivity contribution < 1.29 is 4.74 Å². The molecular formula is C16H24N4O. The second kappa shape index (κ2) is 7.22. The van der Waals surface area contributed by atoms with Crippen LogP contribution in [0.1, 0.15) is 36.2 Å². The van der Waals surface area contributed by atoms with Gasteiger partial charge in [0.25, 0.3) is 0 Å². The van der Waals surface area contributed by atoms with Crippen LogP contribution in [-0.2, 0) is 13.5 Å². The zero-order valence-electron chi connectivity index (χ0n) is 13.3. The summed E-state index contributed by atoms with van der Waals surface area (Å²) < 4.78 is 7.26. The summed E-state index contributed by atoms with van der Waals surface area (Å²) in [6.07, 6.45) is 3.85. The van der Waals surface area contributed by atoms with Gasteiger partial charge in [-0.25, -0.2) is 0 Å². The number of ether oxygens (including phenoxy) is 1. The number of aryl methyl sites for hydroxylation is 2. The molecule has 1 N–H and O–H groups in total. The smallest absolute Gasteiger partial charge is 0.123 e. The van der Waals surface area contributed by atoms with Crippen LogP contribution in [0.2, 0.25) is 0 Å². The van der Waals surface area contributed by atoms with Crippen molar-refractivity contribution in [1.82, 2.24) is 20.3 Å². The molecule has 1 unspecified atom stereocenters. The lowest BCUT2D eigenvalue weighted by Crippen LogP contribution is -2.25. The molecular weight excluding hydrogens is 264 g/mol. The Kier molecular flexibility index (Phi) is 5.33. The molecule has 0 spiro atoms. The van der Waals surface area contributed by atoms with Gasteiger partial charge in [0.05, 0.1) is 12.8 Å². The summed E-state index contributed by atoms with van der Waals surface area (Å²) in [5.41, 5.74) is 3.39. The standard InChI is InChI=1S/C16H24N4O/c1-5-8-17-15(10-13-11-20(3)19-18-13)14-9-12(2)6-7-16(14)21-4/h6-7,9,11,15,17H,5,8,10H2,1-4H3. The number of methoxy groups -OCH3 is 1. The highest BCUT2D eigenvalue weighted by molar-refractivity contribution is 5.39. The first kappa shape index (κ1) is 15.5. The lowest BCUT2D eigenvalue weighted by atomic mass is 9.99. The van der Waals surface area contributed by atoms with Crippen molar-refractivity contribution in [2.24, 2.45) is 7.05 Å². The number of nitrogens with zero attached hydrogens (tertiary/aromatic N) is 3. The molecule has 0 amide bonds. The van der Waals surface area contributed by atoms with Crippen molar-refractivity contribution in [2.75, 3.05) is 13.7 Å². The molecule has 1 aromatic heterocycles. The summed E-state index contributed by atoms with van der Waals surface area (Å²) in [6.45, 7) is 5.23. The number of nitrogens with one attached hydrogen (secondary N) is 1. The fraction of sp³-hybridized carbons (Fsp3) is 0.500. The molecule has 2 rings (SSSR count). The van der Waals surface area contributed by atoms with Gasteiger partial charge in [0.15, 0.2) is 0 Å². The summed E-state index contributed by atoms with van der Waals surface area (Å²) in [6, 6.07) is 6.46. The summed E-state index contributed by atoms with van der Waals surface area (Å²) >= 11 is 0. The Morgan fingerprint density at radius 3 is 2.81 bits per heavy atom. The summed E-state index contributed by atoms with van der Waals surface area (Å²) in [7, 11) is 3.60. The van der Waals surface area contributed by atoms with Crippen molar-refractivity contribution in [3.63, 3.8) is 0 Å². The molecule has 0 radical (unpaired) electrons. The monoisotopic (exact) mass is 288 g/mol. The molecule has 0 aliphatic rings. The first-order valence-corrected chi connectivity index (χ1v) is 7.37. The van der Waals surface area contributed by atoms with Crippen molar-refractivity contribution in [2.45, 2.75) is 32.7 Å². The quantitative estimate of drug-likeness (QED) is 0.850. The fourth-order valence-corrected chi connectivity index (χ4v) is 2.43. The molecule has 0 aliphatic carbocycles. The topological polar surface area (TPSA) is 52.0 Å². The highest BCUT2D eigenvalue weighted by Gasteiger charge is 2.18. The van der Waals surface area contributed by atoms with Crippen LogP contribution in [-0.4, -0.2) is 28.6 Å². The van der Waals surface area contributed by atoms with E-state index in [-0.39, 0.29) is 6.04 Å². The molecule has 1 heterocycles. The van der Waals surface area contributed by atoms with E-state index in [1.807, 2.05) is 19.3 Å². The number of hydrogen-bond acceptors (Lipinski definition) is 4. The maximum atomic E-state index is 5.52. The molecule has 5 nitrogen and oxygen atoms in total. The summed E-state index contributed by atoms with van der Waals surface area (Å²) in [4.78, 5) is 0. The molecule has 21 heavy (non-hydrogen) atoms. The Morgan fingerprint density at radius 1 is 1.38 bits per heavy atom. The van der Waals surface area contributed by atoms with E-state index < -0.39 is 0 Å². The molecule has 0 bridgehead atoms. The predicted octanol–water partition coefficient (Wildman–Crippen LogP) is 2.42. The van der Waals surface area contributed by atoms with E-state index in [0.29, 0.717) is 0 Å². The largest absolute Gasteiger partial charge is 0.496 e. The van der Waals surface area contributed by atoms with E-state index in [1.165, 1.54) is 11.1 Å². The minimum absolute atomic E-state index is 0.177. The molecule has 2 aromatic rings. The van der Waals surface area contributed by atoms with Gasteiger partial charge in [0, 0.05) is 31.3 Å². The second-order valence-electron chi connectivity index (χ2n) is 5.34. The fourth-order valence-electron chi connectivity index (χ4n) is 2.43.